The molecule has 2 atom stereocenters. The summed E-state index contributed by atoms with van der Waals surface area (Å²) in [5.74, 6) is 0.131. The fraction of sp³-hybridized carbons (Fsp3) is 0.625. The Morgan fingerprint density at radius 1 is 1.21 bits per heavy atom. The predicted molar refractivity (Wildman–Crippen MR) is 71.7 cm³/mol. The van der Waals surface area contributed by atoms with E-state index in [-0.39, 0.29) is 5.56 Å². The van der Waals surface area contributed by atoms with Crippen LogP contribution >= 0.6 is 0 Å². The zero-order valence-electron chi connectivity index (χ0n) is 11.6. The summed E-state index contributed by atoms with van der Waals surface area (Å²) in [6.07, 6.45) is 3.79. The molecule has 1 aliphatic rings. The molecule has 19 heavy (non-hydrogen) atoms. The highest BCUT2D eigenvalue weighted by Gasteiger charge is 2.35. The normalized spacial score (nSPS) is 28.4. The molecule has 1 aromatic carbocycles. The second kappa shape index (κ2) is 5.58. The van der Waals surface area contributed by atoms with Gasteiger partial charge in [-0.05, 0) is 55.7 Å². The molecule has 1 saturated carbocycles. The van der Waals surface area contributed by atoms with E-state index in [1.807, 2.05) is 0 Å². The molecule has 1 nitrogen and oxygen atoms in total. The van der Waals surface area contributed by atoms with E-state index in [9.17, 15) is 13.9 Å². The van der Waals surface area contributed by atoms with Gasteiger partial charge in [-0.1, -0.05) is 20.3 Å². The molecule has 1 N–H and O–H groups in total. The smallest absolute Gasteiger partial charge is 0.129 e. The molecule has 1 aliphatic carbocycles. The second-order valence-corrected chi connectivity index (χ2v) is 6.09. The molecule has 1 fully saturated rings. The van der Waals surface area contributed by atoms with Crippen LogP contribution < -0.4 is 0 Å². The first kappa shape index (κ1) is 14.4. The van der Waals surface area contributed by atoms with Crippen molar-refractivity contribution in [2.45, 2.75) is 51.6 Å². The molecule has 0 saturated heterocycles. The molecule has 0 aromatic heterocycles. The summed E-state index contributed by atoms with van der Waals surface area (Å²) in [7, 11) is 0. The van der Waals surface area contributed by atoms with Crippen molar-refractivity contribution in [2.24, 2.45) is 11.8 Å². The molecule has 0 aliphatic heterocycles. The molecule has 2 rings (SSSR count). The highest BCUT2D eigenvalue weighted by Crippen LogP contribution is 2.40. The summed E-state index contributed by atoms with van der Waals surface area (Å²) in [6, 6.07) is 3.34. The standard InChI is InChI=1S/C16H22F2O/c1-11(2)12-4-3-8-16(19,9-7-12)14-10-13(17)5-6-15(14)18/h5-6,10-12,19H,3-4,7-9H2,1-2H3. The minimum atomic E-state index is -1.21. The lowest BCUT2D eigenvalue weighted by molar-refractivity contribution is 0.0154. The average Bonchev–Trinajstić information content (AvgIpc) is 2.55. The van der Waals surface area contributed by atoms with Crippen LogP contribution in [0.2, 0.25) is 0 Å². The largest absolute Gasteiger partial charge is 0.385 e. The predicted octanol–water partition coefficient (Wildman–Crippen LogP) is 4.39. The molecular formula is C16H22F2O. The summed E-state index contributed by atoms with van der Waals surface area (Å²) >= 11 is 0. The van der Waals surface area contributed by atoms with E-state index in [1.54, 1.807) is 0 Å². The van der Waals surface area contributed by atoms with Crippen LogP contribution in [-0.2, 0) is 5.60 Å². The molecule has 0 radical (unpaired) electrons. The lowest BCUT2D eigenvalue weighted by atomic mass is 9.84. The summed E-state index contributed by atoms with van der Waals surface area (Å²) in [6.45, 7) is 4.36. The van der Waals surface area contributed by atoms with Crippen LogP contribution in [0.1, 0.15) is 51.5 Å². The zero-order valence-corrected chi connectivity index (χ0v) is 11.6. The van der Waals surface area contributed by atoms with Gasteiger partial charge in [0.1, 0.15) is 11.6 Å². The van der Waals surface area contributed by atoms with Crippen LogP contribution in [0.3, 0.4) is 0 Å². The lowest BCUT2D eigenvalue weighted by Crippen LogP contribution is -2.26. The molecular weight excluding hydrogens is 246 g/mol. The van der Waals surface area contributed by atoms with Gasteiger partial charge in [0.25, 0.3) is 0 Å². The lowest BCUT2D eigenvalue weighted by Gasteiger charge is -2.28. The third-order valence-electron chi connectivity index (χ3n) is 4.47. The quantitative estimate of drug-likeness (QED) is 0.789. The first-order valence-corrected chi connectivity index (χ1v) is 7.10. The maximum Gasteiger partial charge on any atom is 0.129 e. The summed E-state index contributed by atoms with van der Waals surface area (Å²) < 4.78 is 27.2. The summed E-state index contributed by atoms with van der Waals surface area (Å²) in [5, 5.41) is 10.7. The number of rotatable bonds is 2. The molecule has 106 valence electrons. The SMILES string of the molecule is CC(C)C1CCCC(O)(c2cc(F)ccc2F)CC1. The molecule has 2 unspecified atom stereocenters. The van der Waals surface area contributed by atoms with E-state index in [0.717, 1.165) is 37.5 Å². The molecule has 0 heterocycles. The maximum atomic E-state index is 13.9. The fourth-order valence-electron chi connectivity index (χ4n) is 3.14. The van der Waals surface area contributed by atoms with Gasteiger partial charge < -0.3 is 5.11 Å². The molecule has 1 aromatic rings. The Balaban J connectivity index is 2.25. The highest BCUT2D eigenvalue weighted by atomic mass is 19.1. The van der Waals surface area contributed by atoms with Gasteiger partial charge in [-0.2, -0.15) is 0 Å². The highest BCUT2D eigenvalue weighted by molar-refractivity contribution is 5.25. The first-order chi connectivity index (χ1) is 8.92. The minimum absolute atomic E-state index is 0.122. The Hall–Kier alpha value is -0.960. The van der Waals surface area contributed by atoms with Crippen LogP contribution in [0.5, 0.6) is 0 Å². The Labute approximate surface area is 113 Å². The Bertz CT molecular complexity index is 444. The maximum absolute atomic E-state index is 13.9. The van der Waals surface area contributed by atoms with Crippen molar-refractivity contribution >= 4 is 0 Å². The van der Waals surface area contributed by atoms with E-state index >= 15 is 0 Å². The third kappa shape index (κ3) is 3.14. The van der Waals surface area contributed by atoms with Gasteiger partial charge in [-0.15, -0.1) is 0 Å². The molecule has 0 spiro atoms. The van der Waals surface area contributed by atoms with E-state index in [1.165, 1.54) is 0 Å². The van der Waals surface area contributed by atoms with Gasteiger partial charge in [-0.3, -0.25) is 0 Å². The van der Waals surface area contributed by atoms with Crippen LogP contribution in [0.4, 0.5) is 8.78 Å². The van der Waals surface area contributed by atoms with Crippen molar-refractivity contribution in [3.63, 3.8) is 0 Å². The van der Waals surface area contributed by atoms with Crippen LogP contribution in [-0.4, -0.2) is 5.11 Å². The van der Waals surface area contributed by atoms with Crippen molar-refractivity contribution in [3.8, 4) is 0 Å². The van der Waals surface area contributed by atoms with Gasteiger partial charge in [0.05, 0.1) is 5.60 Å². The van der Waals surface area contributed by atoms with Gasteiger partial charge >= 0.3 is 0 Å². The van der Waals surface area contributed by atoms with Crippen LogP contribution in [0, 0.1) is 23.5 Å². The van der Waals surface area contributed by atoms with Crippen molar-refractivity contribution in [3.05, 3.63) is 35.4 Å². The topological polar surface area (TPSA) is 20.2 Å². The monoisotopic (exact) mass is 268 g/mol. The van der Waals surface area contributed by atoms with Crippen LogP contribution in [0.15, 0.2) is 18.2 Å². The van der Waals surface area contributed by atoms with E-state index < -0.39 is 17.2 Å². The van der Waals surface area contributed by atoms with Gasteiger partial charge in [-0.25, -0.2) is 8.78 Å². The van der Waals surface area contributed by atoms with E-state index in [2.05, 4.69) is 13.8 Å². The second-order valence-electron chi connectivity index (χ2n) is 6.09. The minimum Gasteiger partial charge on any atom is -0.385 e. The zero-order chi connectivity index (χ0) is 14.0. The Morgan fingerprint density at radius 2 is 1.95 bits per heavy atom. The van der Waals surface area contributed by atoms with E-state index in [4.69, 9.17) is 0 Å². The third-order valence-corrected chi connectivity index (χ3v) is 4.47. The number of hydrogen-bond acceptors (Lipinski definition) is 1. The van der Waals surface area contributed by atoms with Crippen molar-refractivity contribution in [1.82, 2.24) is 0 Å². The van der Waals surface area contributed by atoms with Crippen molar-refractivity contribution in [2.75, 3.05) is 0 Å². The van der Waals surface area contributed by atoms with Gasteiger partial charge in [0.2, 0.25) is 0 Å². The summed E-state index contributed by atoms with van der Waals surface area (Å²) in [4.78, 5) is 0. The number of hydrogen-bond donors (Lipinski definition) is 1. The van der Waals surface area contributed by atoms with E-state index in [0.29, 0.717) is 24.7 Å². The average molecular weight is 268 g/mol. The molecule has 0 bridgehead atoms. The molecule has 0 amide bonds. The van der Waals surface area contributed by atoms with Crippen LogP contribution in [0.25, 0.3) is 0 Å². The number of benzene rings is 1. The fourth-order valence-corrected chi connectivity index (χ4v) is 3.14. The first-order valence-electron chi connectivity index (χ1n) is 7.10. The Morgan fingerprint density at radius 3 is 2.63 bits per heavy atom. The Kier molecular flexibility index (Phi) is 4.24. The van der Waals surface area contributed by atoms with Gasteiger partial charge in [0.15, 0.2) is 0 Å². The molecule has 3 heteroatoms. The summed E-state index contributed by atoms with van der Waals surface area (Å²) in [5.41, 5.74) is -1.09. The number of halogens is 2. The van der Waals surface area contributed by atoms with Crippen molar-refractivity contribution in [1.29, 1.82) is 0 Å². The van der Waals surface area contributed by atoms with Crippen molar-refractivity contribution < 1.29 is 13.9 Å². The number of aliphatic hydroxyl groups is 1. The van der Waals surface area contributed by atoms with Gasteiger partial charge in [0, 0.05) is 5.56 Å².